The second kappa shape index (κ2) is 5.59. The van der Waals surface area contributed by atoms with Crippen LogP contribution in [-0.4, -0.2) is 22.7 Å². The van der Waals surface area contributed by atoms with Gasteiger partial charge >= 0.3 is 0 Å². The lowest BCUT2D eigenvalue weighted by Crippen LogP contribution is -1.83. The Morgan fingerprint density at radius 1 is 0.778 bits per heavy atom. The van der Waals surface area contributed by atoms with E-state index in [9.17, 15) is 10.2 Å². The lowest BCUT2D eigenvalue weighted by atomic mass is 10.1. The SMILES string of the molecule is CSc1cc(-c2ccc(O)cc2)cc(SC)c1O. The fourth-order valence-corrected chi connectivity index (χ4v) is 2.87. The Balaban J connectivity index is 2.54. The molecule has 94 valence electrons. The summed E-state index contributed by atoms with van der Waals surface area (Å²) in [6.45, 7) is 0. The van der Waals surface area contributed by atoms with Crippen LogP contribution in [0.25, 0.3) is 11.1 Å². The maximum Gasteiger partial charge on any atom is 0.142 e. The monoisotopic (exact) mass is 278 g/mol. The molecule has 0 heterocycles. The smallest absolute Gasteiger partial charge is 0.142 e. The summed E-state index contributed by atoms with van der Waals surface area (Å²) in [7, 11) is 0. The molecule has 0 bridgehead atoms. The average molecular weight is 278 g/mol. The lowest BCUT2D eigenvalue weighted by Gasteiger charge is -2.10. The Hall–Kier alpha value is -1.26. The molecular formula is C14H14O2S2. The van der Waals surface area contributed by atoms with Gasteiger partial charge < -0.3 is 10.2 Å². The highest BCUT2D eigenvalue weighted by Gasteiger charge is 2.10. The first-order valence-electron chi connectivity index (χ1n) is 5.40. The molecule has 0 spiro atoms. The molecule has 2 nitrogen and oxygen atoms in total. The number of phenolic OH excluding ortho intramolecular Hbond substituents is 2. The Morgan fingerprint density at radius 2 is 1.28 bits per heavy atom. The third kappa shape index (κ3) is 2.60. The van der Waals surface area contributed by atoms with Crippen LogP contribution >= 0.6 is 23.5 Å². The summed E-state index contributed by atoms with van der Waals surface area (Å²) in [6.07, 6.45) is 3.89. The summed E-state index contributed by atoms with van der Waals surface area (Å²) in [5, 5.41) is 19.3. The van der Waals surface area contributed by atoms with Gasteiger partial charge in [-0.05, 0) is 47.9 Å². The van der Waals surface area contributed by atoms with Crippen LogP contribution in [0.2, 0.25) is 0 Å². The Kier molecular flexibility index (Phi) is 4.09. The molecule has 0 saturated carbocycles. The first-order chi connectivity index (χ1) is 8.65. The molecule has 0 aliphatic carbocycles. The quantitative estimate of drug-likeness (QED) is 0.825. The van der Waals surface area contributed by atoms with Gasteiger partial charge in [-0.15, -0.1) is 23.5 Å². The summed E-state index contributed by atoms with van der Waals surface area (Å²) in [4.78, 5) is 1.73. The lowest BCUT2D eigenvalue weighted by molar-refractivity contribution is 0.449. The van der Waals surface area contributed by atoms with Gasteiger partial charge in [0.2, 0.25) is 0 Å². The highest BCUT2D eigenvalue weighted by Crippen LogP contribution is 2.39. The van der Waals surface area contributed by atoms with Crippen molar-refractivity contribution in [2.75, 3.05) is 12.5 Å². The minimum Gasteiger partial charge on any atom is -0.508 e. The Labute approximate surface area is 115 Å². The molecule has 0 saturated heterocycles. The van der Waals surface area contributed by atoms with E-state index in [0.29, 0.717) is 5.75 Å². The van der Waals surface area contributed by atoms with Crippen LogP contribution < -0.4 is 0 Å². The molecule has 2 rings (SSSR count). The van der Waals surface area contributed by atoms with Crippen LogP contribution in [0.4, 0.5) is 0 Å². The summed E-state index contributed by atoms with van der Waals surface area (Å²) in [5.74, 6) is 0.602. The maximum absolute atomic E-state index is 10.0. The fraction of sp³-hybridized carbons (Fsp3) is 0.143. The van der Waals surface area contributed by atoms with Gasteiger partial charge in [-0.25, -0.2) is 0 Å². The molecule has 2 N–H and O–H groups in total. The number of benzene rings is 2. The number of aromatic hydroxyl groups is 2. The van der Waals surface area contributed by atoms with E-state index in [1.54, 1.807) is 12.1 Å². The molecule has 0 radical (unpaired) electrons. The van der Waals surface area contributed by atoms with Gasteiger partial charge in [-0.2, -0.15) is 0 Å². The van der Waals surface area contributed by atoms with Crippen molar-refractivity contribution in [1.29, 1.82) is 0 Å². The molecule has 0 aliphatic heterocycles. The molecule has 4 heteroatoms. The van der Waals surface area contributed by atoms with Gasteiger partial charge in [0.1, 0.15) is 11.5 Å². The summed E-state index contributed by atoms with van der Waals surface area (Å²) < 4.78 is 0. The molecule has 0 atom stereocenters. The van der Waals surface area contributed by atoms with Crippen LogP contribution in [0.15, 0.2) is 46.2 Å². The van der Waals surface area contributed by atoms with Crippen molar-refractivity contribution in [1.82, 2.24) is 0 Å². The molecule has 0 fully saturated rings. The number of hydrogen-bond donors (Lipinski definition) is 2. The van der Waals surface area contributed by atoms with Gasteiger partial charge in [0.15, 0.2) is 0 Å². The van der Waals surface area contributed by atoms with Gasteiger partial charge in [0.05, 0.1) is 9.79 Å². The van der Waals surface area contributed by atoms with Gasteiger partial charge in [0, 0.05) is 0 Å². The topological polar surface area (TPSA) is 40.5 Å². The zero-order chi connectivity index (χ0) is 13.1. The predicted molar refractivity (Wildman–Crippen MR) is 78.8 cm³/mol. The summed E-state index contributed by atoms with van der Waals surface area (Å²) >= 11 is 3.05. The van der Waals surface area contributed by atoms with Gasteiger partial charge in [-0.3, -0.25) is 0 Å². The molecule has 0 aliphatic rings. The standard InChI is InChI=1S/C14H14O2S2/c1-17-12-7-10(8-13(18-2)14(12)16)9-3-5-11(15)6-4-9/h3-8,15-16H,1-2H3. The second-order valence-electron chi connectivity index (χ2n) is 3.78. The molecule has 2 aromatic rings. The zero-order valence-corrected chi connectivity index (χ0v) is 11.8. The third-order valence-electron chi connectivity index (χ3n) is 2.68. The van der Waals surface area contributed by atoms with Crippen LogP contribution in [0.5, 0.6) is 11.5 Å². The van der Waals surface area contributed by atoms with Crippen LogP contribution in [0, 0.1) is 0 Å². The molecule has 0 aromatic heterocycles. The minimum atomic E-state index is 0.257. The highest BCUT2D eigenvalue weighted by molar-refractivity contribution is 7.99. The highest BCUT2D eigenvalue weighted by atomic mass is 32.2. The van der Waals surface area contributed by atoms with E-state index >= 15 is 0 Å². The van der Waals surface area contributed by atoms with Crippen molar-refractivity contribution in [3.05, 3.63) is 36.4 Å². The van der Waals surface area contributed by atoms with Crippen LogP contribution in [0.1, 0.15) is 0 Å². The molecular weight excluding hydrogens is 264 g/mol. The fourth-order valence-electron chi connectivity index (χ4n) is 1.71. The summed E-state index contributed by atoms with van der Waals surface area (Å²) in [6, 6.07) is 11.0. The Bertz CT molecular complexity index is 525. The number of rotatable bonds is 3. The van der Waals surface area contributed by atoms with Gasteiger partial charge in [-0.1, -0.05) is 12.1 Å². The van der Waals surface area contributed by atoms with Crippen molar-refractivity contribution in [2.24, 2.45) is 0 Å². The van der Waals surface area contributed by atoms with Crippen molar-refractivity contribution >= 4 is 23.5 Å². The Morgan fingerprint density at radius 3 is 1.72 bits per heavy atom. The maximum atomic E-state index is 10.0. The number of hydrogen-bond acceptors (Lipinski definition) is 4. The first-order valence-corrected chi connectivity index (χ1v) is 7.85. The van der Waals surface area contributed by atoms with E-state index in [0.717, 1.165) is 20.9 Å². The van der Waals surface area contributed by atoms with Crippen molar-refractivity contribution in [2.45, 2.75) is 9.79 Å². The van der Waals surface area contributed by atoms with Crippen LogP contribution in [0.3, 0.4) is 0 Å². The molecule has 2 aromatic carbocycles. The summed E-state index contributed by atoms with van der Waals surface area (Å²) in [5.41, 5.74) is 2.07. The molecule has 18 heavy (non-hydrogen) atoms. The largest absolute Gasteiger partial charge is 0.508 e. The molecule has 0 unspecified atom stereocenters. The van der Waals surface area contributed by atoms with E-state index in [2.05, 4.69) is 0 Å². The number of phenols is 2. The second-order valence-corrected chi connectivity index (χ2v) is 5.47. The van der Waals surface area contributed by atoms with E-state index in [4.69, 9.17) is 0 Å². The third-order valence-corrected chi connectivity index (χ3v) is 4.18. The van der Waals surface area contributed by atoms with E-state index in [1.165, 1.54) is 23.5 Å². The van der Waals surface area contributed by atoms with E-state index in [-0.39, 0.29) is 5.75 Å². The normalized spacial score (nSPS) is 10.6. The first kappa shape index (κ1) is 13.2. The van der Waals surface area contributed by atoms with E-state index < -0.39 is 0 Å². The average Bonchev–Trinajstić information content (AvgIpc) is 2.40. The van der Waals surface area contributed by atoms with Crippen molar-refractivity contribution < 1.29 is 10.2 Å². The van der Waals surface area contributed by atoms with Crippen LogP contribution in [-0.2, 0) is 0 Å². The van der Waals surface area contributed by atoms with Crippen molar-refractivity contribution in [3.63, 3.8) is 0 Å². The van der Waals surface area contributed by atoms with E-state index in [1.807, 2.05) is 36.8 Å². The minimum absolute atomic E-state index is 0.257. The van der Waals surface area contributed by atoms with Gasteiger partial charge in [0.25, 0.3) is 0 Å². The zero-order valence-electron chi connectivity index (χ0n) is 10.2. The predicted octanol–water partition coefficient (Wildman–Crippen LogP) is 4.21. The number of thioether (sulfide) groups is 2. The van der Waals surface area contributed by atoms with Crippen molar-refractivity contribution in [3.8, 4) is 22.6 Å². The molecule has 0 amide bonds.